The molecular weight excluding hydrogens is 457 g/mol. The van der Waals surface area contributed by atoms with E-state index in [0.717, 1.165) is 18.1 Å². The lowest BCUT2D eigenvalue weighted by Crippen LogP contribution is -2.41. The summed E-state index contributed by atoms with van der Waals surface area (Å²) in [6.07, 6.45) is 8.26. The molecule has 2 aliphatic heterocycles. The molecule has 1 aromatic heterocycles. The van der Waals surface area contributed by atoms with Crippen LogP contribution in [0, 0.1) is 0 Å². The van der Waals surface area contributed by atoms with Gasteiger partial charge in [0, 0.05) is 0 Å². The third-order valence-electron chi connectivity index (χ3n) is 10.0. The van der Waals surface area contributed by atoms with Crippen molar-refractivity contribution in [3.8, 4) is 22.4 Å². The molecule has 2 aromatic carbocycles. The normalized spacial score (nSPS) is 27.8. The van der Waals surface area contributed by atoms with Crippen LogP contribution >= 0.6 is 0 Å². The Morgan fingerprint density at radius 3 is 2.24 bits per heavy atom. The van der Waals surface area contributed by atoms with Gasteiger partial charge in [0.15, 0.2) is 0 Å². The molecule has 7 rings (SSSR count). The summed E-state index contributed by atoms with van der Waals surface area (Å²) in [6.45, 7) is 9.72. The first kappa shape index (κ1) is 23.7. The Hall–Kier alpha value is -2.41. The Balaban J connectivity index is 1.21. The summed E-state index contributed by atoms with van der Waals surface area (Å²) in [5.41, 5.74) is 8.63. The van der Waals surface area contributed by atoms with Gasteiger partial charge in [-0.25, -0.2) is 4.98 Å². The summed E-state index contributed by atoms with van der Waals surface area (Å²) in [7, 11) is 1.90. The fourth-order valence-electron chi connectivity index (χ4n) is 7.22. The maximum atomic E-state index is 6.50. The number of aromatic nitrogens is 2. The van der Waals surface area contributed by atoms with Crippen LogP contribution in [0.1, 0.15) is 94.6 Å². The number of likely N-dealkylation sites (tertiary alicyclic amines) is 1. The van der Waals surface area contributed by atoms with Crippen molar-refractivity contribution in [2.75, 3.05) is 13.6 Å². The van der Waals surface area contributed by atoms with Gasteiger partial charge < -0.3 is 14.3 Å². The van der Waals surface area contributed by atoms with Gasteiger partial charge in [-0.15, -0.1) is 0 Å². The van der Waals surface area contributed by atoms with E-state index in [1.54, 1.807) is 5.56 Å². The fraction of sp³-hybridized carbons (Fsp3) is 0.516. The van der Waals surface area contributed by atoms with E-state index in [1.165, 1.54) is 59.8 Å². The predicted octanol–water partition coefficient (Wildman–Crippen LogP) is 6.17. The van der Waals surface area contributed by atoms with E-state index in [9.17, 15) is 0 Å². The Morgan fingerprint density at radius 1 is 0.892 bits per heavy atom. The number of rotatable bonds is 4. The summed E-state index contributed by atoms with van der Waals surface area (Å²) >= 11 is 0. The molecular formula is C31H38BN3O2. The van der Waals surface area contributed by atoms with Crippen LogP contribution in [0.5, 0.6) is 0 Å². The number of H-pyrrole nitrogens is 1. The van der Waals surface area contributed by atoms with Gasteiger partial charge in [-0.2, -0.15) is 0 Å². The summed E-state index contributed by atoms with van der Waals surface area (Å²) in [4.78, 5) is 10.7. The fourth-order valence-corrected chi connectivity index (χ4v) is 7.22. The number of imidazole rings is 1. The molecule has 2 aliphatic carbocycles. The van der Waals surface area contributed by atoms with E-state index in [2.05, 4.69) is 81.0 Å². The van der Waals surface area contributed by atoms with Crippen molar-refractivity contribution < 1.29 is 9.31 Å². The van der Waals surface area contributed by atoms with E-state index in [4.69, 9.17) is 14.3 Å². The van der Waals surface area contributed by atoms with Crippen LogP contribution in [0.2, 0.25) is 0 Å². The molecule has 37 heavy (non-hydrogen) atoms. The predicted molar refractivity (Wildman–Crippen MR) is 149 cm³/mol. The van der Waals surface area contributed by atoms with Crippen molar-refractivity contribution in [3.05, 3.63) is 59.5 Å². The number of hydrogen-bond acceptors (Lipinski definition) is 4. The minimum Gasteiger partial charge on any atom is -0.399 e. The largest absolute Gasteiger partial charge is 0.495 e. The molecule has 1 saturated carbocycles. The molecule has 5 nitrogen and oxygen atoms in total. The second kappa shape index (κ2) is 8.30. The molecule has 2 unspecified atom stereocenters. The molecule has 0 amide bonds. The lowest BCUT2D eigenvalue weighted by molar-refractivity contribution is 0.00578. The zero-order chi connectivity index (χ0) is 25.5. The van der Waals surface area contributed by atoms with Crippen molar-refractivity contribution in [2.24, 2.45) is 0 Å². The van der Waals surface area contributed by atoms with E-state index >= 15 is 0 Å². The quantitative estimate of drug-likeness (QED) is 0.440. The standard InChI is InChI=1S/C31H38BN3O2/c1-30(2)31(3,4)37-32(36-30)24-15-14-23(27-21-12-13-22(17-21)28(24)27)19-8-10-20(11-9-19)25-18-33-29(34-25)26-7-6-16-35(26)5/h8-11,14-15,18,21-22,26H,6-7,12-13,16-17H2,1-5H3,(H,33,34)/t21?,22?,26-/m0/s1. The summed E-state index contributed by atoms with van der Waals surface area (Å²) < 4.78 is 13.0. The van der Waals surface area contributed by atoms with E-state index in [0.29, 0.717) is 17.9 Å². The van der Waals surface area contributed by atoms with Crippen molar-refractivity contribution in [1.29, 1.82) is 0 Å². The zero-order valence-electron chi connectivity index (χ0n) is 22.8. The Kier molecular flexibility index (Phi) is 5.31. The second-order valence-electron chi connectivity index (χ2n) is 12.7. The number of nitrogens with zero attached hydrogens (tertiary/aromatic N) is 2. The van der Waals surface area contributed by atoms with Gasteiger partial charge in [0.05, 0.1) is 29.1 Å². The second-order valence-corrected chi connectivity index (χ2v) is 12.7. The monoisotopic (exact) mass is 495 g/mol. The molecule has 6 heteroatoms. The van der Waals surface area contributed by atoms with Crippen molar-refractivity contribution >= 4 is 12.6 Å². The van der Waals surface area contributed by atoms with Gasteiger partial charge in [-0.1, -0.05) is 36.4 Å². The number of hydrogen-bond donors (Lipinski definition) is 1. The highest BCUT2D eigenvalue weighted by Gasteiger charge is 2.53. The first-order valence-electron chi connectivity index (χ1n) is 14.1. The highest BCUT2D eigenvalue weighted by molar-refractivity contribution is 6.62. The van der Waals surface area contributed by atoms with Gasteiger partial charge in [0.2, 0.25) is 0 Å². The summed E-state index contributed by atoms with van der Waals surface area (Å²) in [6, 6.07) is 14.1. The van der Waals surface area contributed by atoms with Crippen LogP contribution < -0.4 is 5.46 Å². The first-order chi connectivity index (χ1) is 17.7. The molecule has 2 saturated heterocycles. The molecule has 3 heterocycles. The van der Waals surface area contributed by atoms with E-state index in [-0.39, 0.29) is 18.3 Å². The molecule has 4 aliphatic rings. The number of fused-ring (bicyclic) bond motifs is 5. The van der Waals surface area contributed by atoms with E-state index < -0.39 is 0 Å². The van der Waals surface area contributed by atoms with Crippen molar-refractivity contribution in [1.82, 2.24) is 14.9 Å². The maximum Gasteiger partial charge on any atom is 0.495 e. The lowest BCUT2D eigenvalue weighted by Gasteiger charge is -2.32. The molecule has 3 aromatic rings. The highest BCUT2D eigenvalue weighted by Crippen LogP contribution is 2.55. The minimum absolute atomic E-state index is 0.289. The lowest BCUT2D eigenvalue weighted by atomic mass is 9.70. The SMILES string of the molecule is CN1CCC[C@H]1c1ncc(-c2ccc(-c3ccc(B4OC(C)(C)C(C)(C)O4)c4c3C3CCC4C3)cc2)[nH]1. The molecule has 0 spiro atoms. The Labute approximate surface area is 221 Å². The Bertz CT molecular complexity index is 1330. The summed E-state index contributed by atoms with van der Waals surface area (Å²) in [5, 5.41) is 0. The summed E-state index contributed by atoms with van der Waals surface area (Å²) in [5.74, 6) is 2.37. The van der Waals surface area contributed by atoms with Crippen LogP contribution in [0.15, 0.2) is 42.6 Å². The number of nitrogens with one attached hydrogen (secondary N) is 1. The average molecular weight is 495 g/mol. The molecule has 3 atom stereocenters. The van der Waals surface area contributed by atoms with Gasteiger partial charge in [-0.05, 0) is 119 Å². The number of aromatic amines is 1. The van der Waals surface area contributed by atoms with Crippen LogP contribution in [0.25, 0.3) is 22.4 Å². The van der Waals surface area contributed by atoms with Crippen molar-refractivity contribution in [2.45, 2.75) is 88.9 Å². The molecule has 0 radical (unpaired) electrons. The third kappa shape index (κ3) is 3.67. The zero-order valence-corrected chi connectivity index (χ0v) is 22.8. The maximum absolute atomic E-state index is 6.50. The molecule has 3 fully saturated rings. The molecule has 192 valence electrons. The average Bonchev–Trinajstić information content (AvgIpc) is 3.68. The van der Waals surface area contributed by atoms with Gasteiger partial charge in [0.25, 0.3) is 0 Å². The molecule has 1 N–H and O–H groups in total. The van der Waals surface area contributed by atoms with Gasteiger partial charge in [0.1, 0.15) is 5.82 Å². The van der Waals surface area contributed by atoms with Crippen LogP contribution in [0.3, 0.4) is 0 Å². The van der Waals surface area contributed by atoms with Crippen LogP contribution in [0.4, 0.5) is 0 Å². The van der Waals surface area contributed by atoms with Crippen LogP contribution in [-0.4, -0.2) is 46.8 Å². The first-order valence-corrected chi connectivity index (χ1v) is 14.1. The van der Waals surface area contributed by atoms with Crippen molar-refractivity contribution in [3.63, 3.8) is 0 Å². The minimum atomic E-state index is -0.323. The highest BCUT2D eigenvalue weighted by atomic mass is 16.7. The topological polar surface area (TPSA) is 50.4 Å². The van der Waals surface area contributed by atoms with Crippen LogP contribution in [-0.2, 0) is 9.31 Å². The van der Waals surface area contributed by atoms with Gasteiger partial charge in [-0.3, -0.25) is 4.90 Å². The Morgan fingerprint density at radius 2 is 1.57 bits per heavy atom. The van der Waals surface area contributed by atoms with E-state index in [1.807, 2.05) is 6.20 Å². The van der Waals surface area contributed by atoms with Gasteiger partial charge >= 0.3 is 7.12 Å². The third-order valence-corrected chi connectivity index (χ3v) is 10.0. The number of benzene rings is 2. The smallest absolute Gasteiger partial charge is 0.399 e. The molecule has 2 bridgehead atoms.